The van der Waals surface area contributed by atoms with Gasteiger partial charge in [-0.05, 0) is 44.0 Å². The van der Waals surface area contributed by atoms with Crippen molar-refractivity contribution in [3.63, 3.8) is 0 Å². The molecule has 1 unspecified atom stereocenters. The van der Waals surface area contributed by atoms with Crippen LogP contribution in [0.25, 0.3) is 21.8 Å². The minimum absolute atomic E-state index is 0.138. The van der Waals surface area contributed by atoms with Gasteiger partial charge in [0.15, 0.2) is 0 Å². The highest BCUT2D eigenvalue weighted by molar-refractivity contribution is 6.10. The predicted octanol–water partition coefficient (Wildman–Crippen LogP) is 3.27. The average Bonchev–Trinajstić information content (AvgIpc) is 2.88. The molecular weight excluding hydrogens is 474 g/mol. The fourth-order valence-electron chi connectivity index (χ4n) is 4.48. The second-order valence-electron chi connectivity index (χ2n) is 8.84. The highest BCUT2D eigenvalue weighted by Gasteiger charge is 2.30. The lowest BCUT2D eigenvalue weighted by atomic mass is 10.1. The summed E-state index contributed by atoms with van der Waals surface area (Å²) in [6.45, 7) is 3.99. The highest BCUT2D eigenvalue weighted by atomic mass is 16.5. The van der Waals surface area contributed by atoms with E-state index in [1.807, 2.05) is 31.2 Å². The second-order valence-corrected chi connectivity index (χ2v) is 8.84. The van der Waals surface area contributed by atoms with Crippen LogP contribution in [0.1, 0.15) is 48.4 Å². The zero-order chi connectivity index (χ0) is 26.1. The van der Waals surface area contributed by atoms with Crippen LogP contribution in [0.5, 0.6) is 5.88 Å². The fraction of sp³-hybridized carbons (Fsp3) is 0.259. The first-order chi connectivity index (χ1) is 17.9. The Balaban J connectivity index is 1.54. The van der Waals surface area contributed by atoms with E-state index >= 15 is 0 Å². The number of para-hydroxylation sites is 2. The first-order valence-electron chi connectivity index (χ1n) is 12.1. The van der Waals surface area contributed by atoms with E-state index in [9.17, 15) is 19.2 Å². The van der Waals surface area contributed by atoms with Crippen molar-refractivity contribution in [3.05, 3.63) is 70.3 Å². The van der Waals surface area contributed by atoms with Crippen LogP contribution in [0.15, 0.2) is 53.3 Å². The molecule has 0 bridgehead atoms. The molecule has 10 nitrogen and oxygen atoms in total. The molecule has 2 N–H and O–H groups in total. The van der Waals surface area contributed by atoms with Crippen LogP contribution >= 0.6 is 0 Å². The maximum atomic E-state index is 13.4. The van der Waals surface area contributed by atoms with Crippen LogP contribution in [-0.2, 0) is 9.59 Å². The number of fused-ring (bicyclic) bond motifs is 2. The molecule has 3 amide bonds. The number of carbonyl (C=O) groups is 3. The largest absolute Gasteiger partial charge is 0.477 e. The zero-order valence-electron chi connectivity index (χ0n) is 20.4. The van der Waals surface area contributed by atoms with Crippen LogP contribution in [0.4, 0.5) is 5.69 Å². The third kappa shape index (κ3) is 4.53. The number of piperidine rings is 1. The average molecular weight is 500 g/mol. The molecule has 1 atom stereocenters. The van der Waals surface area contributed by atoms with Crippen LogP contribution in [0, 0.1) is 6.92 Å². The summed E-state index contributed by atoms with van der Waals surface area (Å²) >= 11 is 0. The summed E-state index contributed by atoms with van der Waals surface area (Å²) in [5, 5.41) is 6.17. The number of carbonyl (C=O) groups excluding carboxylic acids is 3. The number of nitrogens with zero attached hydrogens (tertiary/aromatic N) is 3. The number of aryl methyl sites for hydroxylation is 1. The minimum atomic E-state index is -0.831. The Hall–Kier alpha value is -4.60. The Kier molecular flexibility index (Phi) is 6.39. The quantitative estimate of drug-likeness (QED) is 0.389. The lowest BCUT2D eigenvalue weighted by Gasteiger charge is -2.24. The molecule has 2 aromatic heterocycles. The molecule has 3 heterocycles. The number of amides is 3. The Bertz CT molecular complexity index is 1630. The van der Waals surface area contributed by atoms with E-state index in [-0.39, 0.29) is 35.6 Å². The smallest absolute Gasteiger partial charge is 0.262 e. The van der Waals surface area contributed by atoms with Crippen LogP contribution in [0.3, 0.4) is 0 Å². The summed E-state index contributed by atoms with van der Waals surface area (Å²) in [4.78, 5) is 59.9. The Morgan fingerprint density at radius 1 is 1.14 bits per heavy atom. The molecule has 37 heavy (non-hydrogen) atoms. The first kappa shape index (κ1) is 24.1. The molecule has 0 radical (unpaired) electrons. The number of pyridine rings is 1. The number of nitrogens with one attached hydrogen (secondary N) is 2. The topological polar surface area (TPSA) is 132 Å². The maximum Gasteiger partial charge on any atom is 0.262 e. The van der Waals surface area contributed by atoms with Crippen molar-refractivity contribution in [2.45, 2.75) is 39.2 Å². The summed E-state index contributed by atoms with van der Waals surface area (Å²) < 4.78 is 7.08. The van der Waals surface area contributed by atoms with Crippen molar-refractivity contribution < 1.29 is 19.1 Å². The van der Waals surface area contributed by atoms with E-state index in [2.05, 4.69) is 20.6 Å². The number of benzene rings is 2. The minimum Gasteiger partial charge on any atom is -0.477 e. The number of hydrogen-bond acceptors (Lipinski definition) is 7. The number of imide groups is 1. The summed E-state index contributed by atoms with van der Waals surface area (Å²) in [5.41, 5.74) is 1.19. The monoisotopic (exact) mass is 499 g/mol. The summed E-state index contributed by atoms with van der Waals surface area (Å²) in [6.07, 6.45) is 1.10. The standard InChI is InChI=1S/C27H25N5O5/c1-3-13-37-26-18(14-16-7-4-5-9-19(16)30-26)24(34)29-20-10-6-8-17-23(20)28-15(2)32(27(17)36)21-11-12-22(33)31-25(21)35/h4-10,14,21H,3,11-13H2,1-2H3,(H,29,34)(H,31,33,35). The van der Waals surface area contributed by atoms with E-state index in [0.717, 1.165) is 11.8 Å². The molecule has 2 aromatic carbocycles. The lowest BCUT2D eigenvalue weighted by Crippen LogP contribution is -2.45. The van der Waals surface area contributed by atoms with E-state index < -0.39 is 23.4 Å². The molecule has 1 aliphatic heterocycles. The lowest BCUT2D eigenvalue weighted by molar-refractivity contribution is -0.135. The van der Waals surface area contributed by atoms with Gasteiger partial charge >= 0.3 is 0 Å². The maximum absolute atomic E-state index is 13.4. The van der Waals surface area contributed by atoms with Gasteiger partial charge in [-0.15, -0.1) is 0 Å². The molecule has 10 heteroatoms. The van der Waals surface area contributed by atoms with Gasteiger partial charge in [-0.2, -0.15) is 0 Å². The Morgan fingerprint density at radius 3 is 2.73 bits per heavy atom. The fourth-order valence-corrected chi connectivity index (χ4v) is 4.48. The normalized spacial score (nSPS) is 15.6. The number of rotatable bonds is 6. The van der Waals surface area contributed by atoms with Crippen molar-refractivity contribution in [1.82, 2.24) is 19.9 Å². The molecule has 1 aliphatic rings. The van der Waals surface area contributed by atoms with Gasteiger partial charge < -0.3 is 10.1 Å². The number of hydrogen-bond donors (Lipinski definition) is 2. The Morgan fingerprint density at radius 2 is 1.95 bits per heavy atom. The van der Waals surface area contributed by atoms with Gasteiger partial charge in [0, 0.05) is 11.8 Å². The molecule has 1 saturated heterocycles. The third-order valence-corrected chi connectivity index (χ3v) is 6.25. The molecule has 1 fully saturated rings. The van der Waals surface area contributed by atoms with Crippen molar-refractivity contribution in [2.24, 2.45) is 0 Å². The first-order valence-corrected chi connectivity index (χ1v) is 12.1. The number of anilines is 1. The van der Waals surface area contributed by atoms with Gasteiger partial charge in [0.2, 0.25) is 17.7 Å². The number of aromatic nitrogens is 3. The van der Waals surface area contributed by atoms with Gasteiger partial charge in [-0.1, -0.05) is 31.2 Å². The van der Waals surface area contributed by atoms with Crippen molar-refractivity contribution in [1.29, 1.82) is 0 Å². The summed E-state index contributed by atoms with van der Waals surface area (Å²) in [6, 6.07) is 13.2. The van der Waals surface area contributed by atoms with Gasteiger partial charge in [-0.3, -0.25) is 29.1 Å². The van der Waals surface area contributed by atoms with E-state index in [0.29, 0.717) is 29.2 Å². The zero-order valence-corrected chi connectivity index (χ0v) is 20.4. The summed E-state index contributed by atoms with van der Waals surface area (Å²) in [5.74, 6) is -0.826. The predicted molar refractivity (Wildman–Crippen MR) is 138 cm³/mol. The molecule has 0 spiro atoms. The molecule has 0 aliphatic carbocycles. The molecule has 4 aromatic rings. The molecule has 188 valence electrons. The Labute approximate surface area is 211 Å². The molecule has 0 saturated carbocycles. The van der Waals surface area contributed by atoms with Crippen LogP contribution in [0.2, 0.25) is 0 Å². The van der Waals surface area contributed by atoms with Gasteiger partial charge in [0.1, 0.15) is 22.9 Å². The van der Waals surface area contributed by atoms with E-state index in [1.54, 1.807) is 31.2 Å². The van der Waals surface area contributed by atoms with Gasteiger partial charge in [0.05, 0.1) is 23.2 Å². The van der Waals surface area contributed by atoms with Crippen LogP contribution in [-0.4, -0.2) is 38.9 Å². The second kappa shape index (κ2) is 9.81. The van der Waals surface area contributed by atoms with Crippen molar-refractivity contribution in [2.75, 3.05) is 11.9 Å². The van der Waals surface area contributed by atoms with Gasteiger partial charge in [0.25, 0.3) is 11.5 Å². The number of ether oxygens (including phenoxy) is 1. The SMILES string of the molecule is CCCOc1nc2ccccc2cc1C(=O)Nc1cccc2c(=O)n(C3CCC(=O)NC3=O)c(C)nc12. The van der Waals surface area contributed by atoms with Crippen molar-refractivity contribution >= 4 is 45.2 Å². The van der Waals surface area contributed by atoms with Crippen LogP contribution < -0.4 is 20.9 Å². The summed E-state index contributed by atoms with van der Waals surface area (Å²) in [7, 11) is 0. The van der Waals surface area contributed by atoms with Crippen molar-refractivity contribution in [3.8, 4) is 5.88 Å². The third-order valence-electron chi connectivity index (χ3n) is 6.25. The van der Waals surface area contributed by atoms with E-state index in [1.165, 1.54) is 4.57 Å². The highest BCUT2D eigenvalue weighted by Crippen LogP contribution is 2.27. The van der Waals surface area contributed by atoms with E-state index in [4.69, 9.17) is 4.74 Å². The molecular formula is C27H25N5O5. The van der Waals surface area contributed by atoms with Gasteiger partial charge in [-0.25, -0.2) is 9.97 Å². The molecule has 5 rings (SSSR count).